The van der Waals surface area contributed by atoms with Crippen molar-refractivity contribution in [3.63, 3.8) is 0 Å². The summed E-state index contributed by atoms with van der Waals surface area (Å²) in [5, 5.41) is 20.9. The smallest absolute Gasteiger partial charge is 0.462 e. The summed E-state index contributed by atoms with van der Waals surface area (Å²) in [6.45, 7) is 4.48. The summed E-state index contributed by atoms with van der Waals surface area (Å²) in [6.07, 6.45) is 30.3. The topological polar surface area (TPSA) is 278 Å². The molecular formula is C52H93N3O16P2. The Hall–Kier alpha value is -2.54. The van der Waals surface area contributed by atoms with Crippen LogP contribution in [0.5, 0.6) is 0 Å². The Labute approximate surface area is 435 Å². The quantitative estimate of drug-likeness (QED) is 0.0133. The van der Waals surface area contributed by atoms with Crippen LogP contribution in [0.2, 0.25) is 0 Å². The average Bonchev–Trinajstić information content (AvgIpc) is 4.03. The number of aliphatic hydroxyl groups is 2. The molecule has 0 aliphatic carbocycles. The predicted molar refractivity (Wildman–Crippen MR) is 279 cm³/mol. The third-order valence-electron chi connectivity index (χ3n) is 13.2. The Morgan fingerprint density at radius 1 is 0.712 bits per heavy atom. The molecular weight excluding hydrogens is 985 g/mol. The summed E-state index contributed by atoms with van der Waals surface area (Å²) >= 11 is 0. The number of hydrogen-bond acceptors (Lipinski definition) is 16. The van der Waals surface area contributed by atoms with Gasteiger partial charge in [0.2, 0.25) is 0 Å². The number of anilines is 1. The first-order valence-electron chi connectivity index (χ1n) is 27.7. The second-order valence-electron chi connectivity index (χ2n) is 20.3. The second kappa shape index (κ2) is 37.3. The molecule has 0 saturated carbocycles. The zero-order chi connectivity index (χ0) is 53.3. The Morgan fingerprint density at radius 2 is 1.27 bits per heavy atom. The van der Waals surface area contributed by atoms with Gasteiger partial charge in [-0.15, -0.1) is 0 Å². The van der Waals surface area contributed by atoms with Gasteiger partial charge in [0.25, 0.3) is 0 Å². The van der Waals surface area contributed by atoms with E-state index in [1.165, 1.54) is 109 Å². The highest BCUT2D eigenvalue weighted by molar-refractivity contribution is 7.61. The van der Waals surface area contributed by atoms with Crippen LogP contribution in [0.3, 0.4) is 0 Å². The fraction of sp³-hybridized carbons (Fsp3) is 0.846. The predicted octanol–water partition coefficient (Wildman–Crippen LogP) is 10.9. The molecule has 6 N–H and O–H groups in total. The Morgan fingerprint density at radius 3 is 1.86 bits per heavy atom. The van der Waals surface area contributed by atoms with Crippen LogP contribution in [0, 0.1) is 5.92 Å². The van der Waals surface area contributed by atoms with Crippen LogP contribution < -0.4 is 11.4 Å². The lowest BCUT2D eigenvalue weighted by Crippen LogP contribution is -2.36. The third kappa shape index (κ3) is 30.1. The van der Waals surface area contributed by atoms with Gasteiger partial charge in [-0.05, 0) is 50.5 Å². The number of nitrogen functional groups attached to an aromatic ring is 1. The van der Waals surface area contributed by atoms with Gasteiger partial charge in [0.1, 0.15) is 30.7 Å². The Bertz CT molecular complexity index is 1850. The molecule has 9 atom stereocenters. The fourth-order valence-corrected chi connectivity index (χ4v) is 10.9. The lowest BCUT2D eigenvalue weighted by Gasteiger charge is -2.21. The number of aromatic nitrogens is 2. The molecule has 2 aliphatic heterocycles. The summed E-state index contributed by atoms with van der Waals surface area (Å²) in [5.74, 6) is -0.497. The number of ether oxygens (including phenoxy) is 4. The Balaban J connectivity index is 1.36. The van der Waals surface area contributed by atoms with Crippen LogP contribution in [0.15, 0.2) is 29.2 Å². The monoisotopic (exact) mass is 1080 g/mol. The molecule has 0 bridgehead atoms. The van der Waals surface area contributed by atoms with Crippen LogP contribution in [-0.2, 0) is 51.0 Å². The first kappa shape index (κ1) is 64.7. The van der Waals surface area contributed by atoms with Crippen LogP contribution in [0.1, 0.15) is 220 Å². The number of epoxide rings is 1. The first-order chi connectivity index (χ1) is 35.0. The van der Waals surface area contributed by atoms with Gasteiger partial charge in [-0.3, -0.25) is 23.2 Å². The van der Waals surface area contributed by atoms with Gasteiger partial charge in [0.15, 0.2) is 12.3 Å². The number of esters is 2. The highest BCUT2D eigenvalue weighted by atomic mass is 31.3. The van der Waals surface area contributed by atoms with Crippen LogP contribution >= 0.6 is 15.6 Å². The molecule has 1 aromatic rings. The van der Waals surface area contributed by atoms with Crippen molar-refractivity contribution in [2.75, 3.05) is 25.6 Å². The molecule has 3 rings (SSSR count). The van der Waals surface area contributed by atoms with E-state index in [4.69, 9.17) is 33.7 Å². The van der Waals surface area contributed by atoms with Gasteiger partial charge < -0.3 is 44.7 Å². The second-order valence-corrected chi connectivity index (χ2v) is 23.3. The zero-order valence-electron chi connectivity index (χ0n) is 44.3. The Kier molecular flexibility index (Phi) is 33.1. The van der Waals surface area contributed by atoms with E-state index in [0.29, 0.717) is 25.0 Å². The van der Waals surface area contributed by atoms with Crippen molar-refractivity contribution in [2.45, 2.75) is 256 Å². The van der Waals surface area contributed by atoms with Gasteiger partial charge >= 0.3 is 33.3 Å². The number of allylic oxidation sites excluding steroid dienone is 1. The summed E-state index contributed by atoms with van der Waals surface area (Å²) in [7, 11) is -10.9. The summed E-state index contributed by atoms with van der Waals surface area (Å²) in [4.78, 5) is 62.1. The molecule has 19 nitrogen and oxygen atoms in total. The number of aliphatic hydroxyl groups excluding tert-OH is 2. The number of phosphoric acid groups is 2. The molecule has 2 saturated heterocycles. The van der Waals surface area contributed by atoms with E-state index in [-0.39, 0.29) is 18.7 Å². The molecule has 4 unspecified atom stereocenters. The summed E-state index contributed by atoms with van der Waals surface area (Å²) in [5.41, 5.74) is 4.60. The number of nitrogens with zero attached hydrogens (tertiary/aromatic N) is 2. The van der Waals surface area contributed by atoms with Gasteiger partial charge in [0.05, 0.1) is 25.4 Å². The van der Waals surface area contributed by atoms with E-state index in [9.17, 15) is 43.5 Å². The minimum atomic E-state index is -5.43. The molecule has 0 aromatic carbocycles. The number of carbonyl (C=O) groups is 2. The van der Waals surface area contributed by atoms with E-state index >= 15 is 0 Å². The van der Waals surface area contributed by atoms with Gasteiger partial charge in [-0.2, -0.15) is 9.29 Å². The molecule has 21 heteroatoms. The molecule has 0 spiro atoms. The van der Waals surface area contributed by atoms with Crippen LogP contribution in [-0.4, -0.2) is 97.9 Å². The normalized spacial score (nSPS) is 21.9. The number of rotatable bonds is 45. The summed E-state index contributed by atoms with van der Waals surface area (Å²) < 4.78 is 62.7. The molecule has 2 fully saturated rings. The highest BCUT2D eigenvalue weighted by Crippen LogP contribution is 2.60. The molecule has 3 heterocycles. The van der Waals surface area contributed by atoms with E-state index in [0.717, 1.165) is 81.1 Å². The molecule has 422 valence electrons. The highest BCUT2D eigenvalue weighted by Gasteiger charge is 2.46. The minimum absolute atomic E-state index is 0.0494. The SMILES string of the molecule is CCCCCC1OC1C/C=C\CCCCCCCC(=O)OC[C@H](COP(=O)(O)OP(=O)(O)OC[C@H]1O[C@@H](n2ccc(N)nc2=O)[C@H](O)[C@@H]1O)OC(=O)CCCCCCCCCCCCCCCCCCC(C)C. The summed E-state index contributed by atoms with van der Waals surface area (Å²) in [6, 6.07) is 1.25. The number of nitrogens with two attached hydrogens (primary N) is 1. The van der Waals surface area contributed by atoms with Crippen molar-refractivity contribution in [1.82, 2.24) is 9.55 Å². The van der Waals surface area contributed by atoms with Crippen LogP contribution in [0.25, 0.3) is 0 Å². The lowest BCUT2D eigenvalue weighted by atomic mass is 10.0. The largest absolute Gasteiger partial charge is 0.481 e. The van der Waals surface area contributed by atoms with Gasteiger partial charge in [0, 0.05) is 19.0 Å². The molecule has 1 aromatic heterocycles. The number of unbranched alkanes of at least 4 members (excludes halogenated alkanes) is 22. The lowest BCUT2D eigenvalue weighted by molar-refractivity contribution is -0.161. The number of phosphoric ester groups is 2. The third-order valence-corrected chi connectivity index (χ3v) is 15.8. The van der Waals surface area contributed by atoms with Crippen LogP contribution in [0.4, 0.5) is 5.82 Å². The van der Waals surface area contributed by atoms with Crippen molar-refractivity contribution in [3.05, 3.63) is 34.9 Å². The molecule has 73 heavy (non-hydrogen) atoms. The van der Waals surface area contributed by atoms with E-state index in [2.05, 4.69) is 42.2 Å². The van der Waals surface area contributed by atoms with Crippen molar-refractivity contribution in [3.8, 4) is 0 Å². The number of carbonyl (C=O) groups excluding carboxylic acids is 2. The minimum Gasteiger partial charge on any atom is -0.462 e. The average molecular weight is 1080 g/mol. The first-order valence-corrected chi connectivity index (χ1v) is 30.7. The maximum atomic E-state index is 12.9. The van der Waals surface area contributed by atoms with Crippen molar-refractivity contribution in [1.29, 1.82) is 0 Å². The van der Waals surface area contributed by atoms with Gasteiger partial charge in [-0.25, -0.2) is 13.9 Å². The van der Waals surface area contributed by atoms with E-state index in [1.807, 2.05) is 0 Å². The number of hydrogen-bond donors (Lipinski definition) is 5. The molecule has 2 aliphatic rings. The van der Waals surface area contributed by atoms with Crippen molar-refractivity contribution >= 4 is 33.4 Å². The zero-order valence-corrected chi connectivity index (χ0v) is 46.1. The van der Waals surface area contributed by atoms with Crippen molar-refractivity contribution in [2.24, 2.45) is 5.92 Å². The van der Waals surface area contributed by atoms with E-state index in [1.54, 1.807) is 0 Å². The maximum Gasteiger partial charge on any atom is 0.481 e. The standard InChI is InChI=1S/C52H93N3O16P2/c1-4-5-26-32-43-44(69-43)33-28-23-19-16-17-20-24-29-34-47(56)65-38-42(68-48(57)35-30-25-21-15-13-11-9-7-6-8-10-12-14-18-22-27-31-41(2)3)39-66-72(61,62)71-73(63,64)67-40-45-49(58)50(59)51(70-45)55-37-36-46(53)54-52(55)60/h23,28,36-37,41-45,49-51,58-59H,4-22,24-27,29-35,38-40H2,1-3H3,(H,61,62)(H,63,64)(H2,53,54,60)/b28-23-/t42-,43?,44?,45-,49-,50-,51-/m1/s1. The van der Waals surface area contributed by atoms with E-state index < -0.39 is 83.7 Å². The van der Waals surface area contributed by atoms with Gasteiger partial charge in [-0.1, -0.05) is 174 Å². The van der Waals surface area contributed by atoms with Crippen molar-refractivity contribution < 1.29 is 71.0 Å². The molecule has 0 amide bonds. The molecule has 0 radical (unpaired) electrons. The fourth-order valence-electron chi connectivity index (χ4n) is 8.80. The maximum absolute atomic E-state index is 12.9.